The Balaban J connectivity index is 1.47. The van der Waals surface area contributed by atoms with Crippen LogP contribution in [0.25, 0.3) is 0 Å². The van der Waals surface area contributed by atoms with Crippen LogP contribution in [0, 0.1) is 6.92 Å². The number of aromatic nitrogens is 3. The van der Waals surface area contributed by atoms with Gasteiger partial charge in [-0.1, -0.05) is 48.2 Å². The molecule has 0 spiro atoms. The molecule has 1 heterocycles. The van der Waals surface area contributed by atoms with Crippen molar-refractivity contribution < 1.29 is 9.53 Å². The number of hydrogen-bond donors (Lipinski definition) is 2. The van der Waals surface area contributed by atoms with E-state index in [1.807, 2.05) is 61.5 Å². The highest BCUT2D eigenvalue weighted by molar-refractivity contribution is 7.99. The van der Waals surface area contributed by atoms with Crippen molar-refractivity contribution in [2.45, 2.75) is 18.7 Å². The first-order valence-electron chi connectivity index (χ1n) is 7.78. The molecule has 6 nitrogen and oxygen atoms in total. The molecule has 0 saturated carbocycles. The lowest BCUT2D eigenvalue weighted by molar-refractivity contribution is -0.113. The summed E-state index contributed by atoms with van der Waals surface area (Å²) in [6, 6.07) is 17.2. The molecule has 0 aliphatic heterocycles. The van der Waals surface area contributed by atoms with Crippen molar-refractivity contribution in [2.75, 3.05) is 11.1 Å². The maximum Gasteiger partial charge on any atom is 0.234 e. The first-order valence-corrected chi connectivity index (χ1v) is 8.76. The molecule has 2 aromatic carbocycles. The fourth-order valence-corrected chi connectivity index (χ4v) is 2.72. The quantitative estimate of drug-likeness (QED) is 0.636. The third-order valence-electron chi connectivity index (χ3n) is 3.38. The van der Waals surface area contributed by atoms with Crippen LogP contribution < -0.4 is 10.1 Å². The molecule has 7 heteroatoms. The molecule has 2 N–H and O–H groups in total. The summed E-state index contributed by atoms with van der Waals surface area (Å²) in [5.74, 6) is 1.54. The number of carbonyl (C=O) groups is 1. The minimum absolute atomic E-state index is 0.0915. The van der Waals surface area contributed by atoms with Gasteiger partial charge in [-0.25, -0.2) is 4.98 Å². The molecule has 1 aromatic heterocycles. The number of hydrogen-bond acceptors (Lipinski definition) is 5. The zero-order valence-electron chi connectivity index (χ0n) is 13.7. The van der Waals surface area contributed by atoms with Crippen molar-refractivity contribution >= 4 is 23.4 Å². The Morgan fingerprint density at radius 3 is 2.72 bits per heavy atom. The normalized spacial score (nSPS) is 10.4. The zero-order chi connectivity index (χ0) is 17.5. The first-order chi connectivity index (χ1) is 12.2. The summed E-state index contributed by atoms with van der Waals surface area (Å²) in [6.45, 7) is 2.25. The molecule has 0 aliphatic carbocycles. The van der Waals surface area contributed by atoms with E-state index in [9.17, 15) is 4.79 Å². The largest absolute Gasteiger partial charge is 0.486 e. The number of amides is 1. The highest BCUT2D eigenvalue weighted by atomic mass is 32.2. The van der Waals surface area contributed by atoms with E-state index in [2.05, 4.69) is 20.5 Å². The van der Waals surface area contributed by atoms with Crippen LogP contribution in [0.2, 0.25) is 0 Å². The van der Waals surface area contributed by atoms with Gasteiger partial charge in [-0.2, -0.15) is 0 Å². The number of nitrogens with one attached hydrogen (secondary N) is 2. The lowest BCUT2D eigenvalue weighted by Gasteiger charge is -2.06. The molecule has 3 aromatic rings. The summed E-state index contributed by atoms with van der Waals surface area (Å²) < 4.78 is 5.60. The molecule has 0 bridgehead atoms. The Bertz CT molecular complexity index is 836. The van der Waals surface area contributed by atoms with Gasteiger partial charge in [0.1, 0.15) is 12.4 Å². The van der Waals surface area contributed by atoms with Gasteiger partial charge in [0, 0.05) is 5.69 Å². The lowest BCUT2D eigenvalue weighted by Crippen LogP contribution is -2.14. The second kappa shape index (κ2) is 8.34. The Morgan fingerprint density at radius 1 is 1.16 bits per heavy atom. The molecule has 0 aliphatic rings. The minimum atomic E-state index is -0.0915. The first kappa shape index (κ1) is 17.0. The van der Waals surface area contributed by atoms with Crippen molar-refractivity contribution in [3.63, 3.8) is 0 Å². The number of ether oxygens (including phenoxy) is 1. The standard InChI is InChI=1S/C18H18N4O2S/c1-13-7-5-6-10-15(13)19-17(23)12-25-18-20-16(21-22-18)11-24-14-8-3-2-4-9-14/h2-10H,11-12H2,1H3,(H,19,23)(H,20,21,22). The van der Waals surface area contributed by atoms with Crippen molar-refractivity contribution in [2.24, 2.45) is 0 Å². The highest BCUT2D eigenvalue weighted by Crippen LogP contribution is 2.17. The fraction of sp³-hybridized carbons (Fsp3) is 0.167. The van der Waals surface area contributed by atoms with Gasteiger partial charge >= 0.3 is 0 Å². The van der Waals surface area contributed by atoms with Gasteiger partial charge in [-0.05, 0) is 30.7 Å². The third-order valence-corrected chi connectivity index (χ3v) is 4.23. The molecule has 0 saturated heterocycles. The van der Waals surface area contributed by atoms with E-state index in [4.69, 9.17) is 4.74 Å². The Hall–Kier alpha value is -2.80. The predicted octanol–water partition coefficient (Wildman–Crippen LogP) is 3.42. The molecule has 1 amide bonds. The number of H-pyrrole nitrogens is 1. The van der Waals surface area contributed by atoms with Crippen LogP contribution in [0.3, 0.4) is 0 Å². The molecule has 3 rings (SSSR count). The highest BCUT2D eigenvalue weighted by Gasteiger charge is 2.09. The fourth-order valence-electron chi connectivity index (χ4n) is 2.10. The molecule has 0 radical (unpaired) electrons. The van der Waals surface area contributed by atoms with E-state index in [1.165, 1.54) is 11.8 Å². The molecular formula is C18H18N4O2S. The molecule has 25 heavy (non-hydrogen) atoms. The van der Waals surface area contributed by atoms with Crippen LogP contribution >= 0.6 is 11.8 Å². The topological polar surface area (TPSA) is 79.9 Å². The second-order valence-corrected chi connectivity index (χ2v) is 6.26. The SMILES string of the molecule is Cc1ccccc1NC(=O)CSc1n[nH]c(COc2ccccc2)n1. The molecular weight excluding hydrogens is 336 g/mol. The van der Waals surface area contributed by atoms with Crippen LogP contribution in [0.4, 0.5) is 5.69 Å². The Morgan fingerprint density at radius 2 is 1.92 bits per heavy atom. The number of anilines is 1. The van der Waals surface area contributed by atoms with Gasteiger partial charge < -0.3 is 10.1 Å². The van der Waals surface area contributed by atoms with Crippen molar-refractivity contribution in [1.29, 1.82) is 0 Å². The summed E-state index contributed by atoms with van der Waals surface area (Å²) >= 11 is 1.28. The van der Waals surface area contributed by atoms with Crippen molar-refractivity contribution in [3.05, 3.63) is 66.0 Å². The van der Waals surface area contributed by atoms with E-state index in [0.29, 0.717) is 17.6 Å². The second-order valence-electron chi connectivity index (χ2n) is 5.32. The smallest absolute Gasteiger partial charge is 0.234 e. The average Bonchev–Trinajstić information content (AvgIpc) is 3.09. The van der Waals surface area contributed by atoms with Crippen molar-refractivity contribution in [3.8, 4) is 5.75 Å². The monoisotopic (exact) mass is 354 g/mol. The summed E-state index contributed by atoms with van der Waals surface area (Å²) in [4.78, 5) is 16.3. The van der Waals surface area contributed by atoms with Crippen molar-refractivity contribution in [1.82, 2.24) is 15.2 Å². The van der Waals surface area contributed by atoms with E-state index >= 15 is 0 Å². The number of aromatic amines is 1. The summed E-state index contributed by atoms with van der Waals surface area (Å²) in [6.07, 6.45) is 0. The van der Waals surface area contributed by atoms with E-state index < -0.39 is 0 Å². The maximum atomic E-state index is 12.0. The number of thioether (sulfide) groups is 1. The summed E-state index contributed by atoms with van der Waals surface area (Å²) in [5.41, 5.74) is 1.85. The Kier molecular flexibility index (Phi) is 5.69. The van der Waals surface area contributed by atoms with Gasteiger partial charge in [-0.15, -0.1) is 5.10 Å². The van der Waals surface area contributed by atoms with E-state index in [0.717, 1.165) is 17.0 Å². The third kappa shape index (κ3) is 5.09. The minimum Gasteiger partial charge on any atom is -0.486 e. The average molecular weight is 354 g/mol. The number of nitrogens with zero attached hydrogens (tertiary/aromatic N) is 2. The van der Waals surface area contributed by atoms with Gasteiger partial charge in [0.2, 0.25) is 11.1 Å². The molecule has 0 fully saturated rings. The van der Waals surface area contributed by atoms with Gasteiger partial charge in [-0.3, -0.25) is 9.89 Å². The van der Waals surface area contributed by atoms with Crippen LogP contribution in [0.5, 0.6) is 5.75 Å². The van der Waals surface area contributed by atoms with E-state index in [1.54, 1.807) is 0 Å². The maximum absolute atomic E-state index is 12.0. The van der Waals surface area contributed by atoms with Gasteiger partial charge in [0.05, 0.1) is 5.75 Å². The Labute approximate surface area is 150 Å². The molecule has 128 valence electrons. The molecule has 0 atom stereocenters. The van der Waals surface area contributed by atoms with Gasteiger partial charge in [0.15, 0.2) is 5.82 Å². The van der Waals surface area contributed by atoms with E-state index in [-0.39, 0.29) is 11.7 Å². The summed E-state index contributed by atoms with van der Waals surface area (Å²) in [5, 5.41) is 10.3. The van der Waals surface area contributed by atoms with Crippen LogP contribution in [0.1, 0.15) is 11.4 Å². The summed E-state index contributed by atoms with van der Waals surface area (Å²) in [7, 11) is 0. The molecule has 0 unspecified atom stereocenters. The zero-order valence-corrected chi connectivity index (χ0v) is 14.5. The number of carbonyl (C=O) groups excluding carboxylic acids is 1. The van der Waals surface area contributed by atoms with Crippen LogP contribution in [0.15, 0.2) is 59.8 Å². The number of aryl methyl sites for hydroxylation is 1. The lowest BCUT2D eigenvalue weighted by atomic mass is 10.2. The predicted molar refractivity (Wildman–Crippen MR) is 97.7 cm³/mol. The van der Waals surface area contributed by atoms with Crippen LogP contribution in [-0.4, -0.2) is 26.8 Å². The number of para-hydroxylation sites is 2. The number of benzene rings is 2. The number of rotatable bonds is 7. The van der Waals surface area contributed by atoms with Gasteiger partial charge in [0.25, 0.3) is 0 Å². The van der Waals surface area contributed by atoms with Crippen LogP contribution in [-0.2, 0) is 11.4 Å².